The minimum atomic E-state index is -0.544. The summed E-state index contributed by atoms with van der Waals surface area (Å²) in [5, 5.41) is 3.54. The Hall–Kier alpha value is -4.06. The van der Waals surface area contributed by atoms with Crippen molar-refractivity contribution in [3.63, 3.8) is 0 Å². The molecule has 2 aliphatic heterocycles. The highest BCUT2D eigenvalue weighted by atomic mass is 16.6. The van der Waals surface area contributed by atoms with Crippen molar-refractivity contribution in [2.45, 2.75) is 44.6 Å². The number of nitrogens with one attached hydrogen (secondary N) is 1. The number of benzene rings is 3. The summed E-state index contributed by atoms with van der Waals surface area (Å²) < 4.78 is 11.2. The summed E-state index contributed by atoms with van der Waals surface area (Å²) in [5.41, 5.74) is 6.01. The number of carbonyl (C=O) groups excluding carboxylic acids is 2. The molecule has 0 saturated heterocycles. The van der Waals surface area contributed by atoms with E-state index in [0.29, 0.717) is 35.8 Å². The standard InChI is InChI=1S/C30H28N2O4/c1-17(2)19-10-13-22-27(16-19)36-30(34)32-25-7-5-4-6-23(25)31-24-14-20(15-26(33)28(24)29(22)32)18-8-11-21(35-3)12-9-18/h4-13,16-17,20,29,31H,14-15H2,1-3H3. The molecule has 2 heterocycles. The number of nitrogens with zero attached hydrogens (tertiary/aromatic N) is 1. The lowest BCUT2D eigenvalue weighted by Crippen LogP contribution is -2.43. The van der Waals surface area contributed by atoms with E-state index in [0.717, 1.165) is 33.8 Å². The van der Waals surface area contributed by atoms with Gasteiger partial charge in [-0.05, 0) is 59.7 Å². The van der Waals surface area contributed by atoms with Gasteiger partial charge in [0, 0.05) is 23.3 Å². The maximum atomic E-state index is 13.9. The third-order valence-corrected chi connectivity index (χ3v) is 7.47. The smallest absolute Gasteiger partial charge is 0.420 e. The van der Waals surface area contributed by atoms with Gasteiger partial charge in [-0.3, -0.25) is 9.69 Å². The van der Waals surface area contributed by atoms with E-state index in [1.165, 1.54) is 0 Å². The van der Waals surface area contributed by atoms with E-state index in [1.54, 1.807) is 12.0 Å². The predicted molar refractivity (Wildman–Crippen MR) is 139 cm³/mol. The van der Waals surface area contributed by atoms with E-state index >= 15 is 0 Å². The Morgan fingerprint density at radius 2 is 1.78 bits per heavy atom. The summed E-state index contributed by atoms with van der Waals surface area (Å²) in [4.78, 5) is 29.0. The number of hydrogen-bond acceptors (Lipinski definition) is 5. The zero-order valence-electron chi connectivity index (χ0n) is 20.6. The highest BCUT2D eigenvalue weighted by molar-refractivity contribution is 6.06. The molecule has 6 rings (SSSR count). The normalized spacial score (nSPS) is 20.5. The molecule has 3 aliphatic rings. The number of fused-ring (bicyclic) bond motifs is 6. The van der Waals surface area contributed by atoms with Crippen molar-refractivity contribution < 1.29 is 19.1 Å². The topological polar surface area (TPSA) is 67.9 Å². The van der Waals surface area contributed by atoms with Crippen LogP contribution in [0.15, 0.2) is 78.0 Å². The number of hydrogen-bond donors (Lipinski definition) is 1. The van der Waals surface area contributed by atoms with E-state index in [2.05, 4.69) is 25.2 Å². The maximum absolute atomic E-state index is 13.9. The van der Waals surface area contributed by atoms with Gasteiger partial charge in [-0.2, -0.15) is 0 Å². The molecule has 0 bridgehead atoms. The molecule has 3 aromatic rings. The van der Waals surface area contributed by atoms with Gasteiger partial charge in [0.05, 0.1) is 24.5 Å². The number of carbonyl (C=O) groups is 2. The van der Waals surface area contributed by atoms with Gasteiger partial charge in [-0.25, -0.2) is 4.79 Å². The molecule has 6 nitrogen and oxygen atoms in total. The minimum absolute atomic E-state index is 0.0340. The van der Waals surface area contributed by atoms with Crippen molar-refractivity contribution in [3.05, 3.63) is 94.7 Å². The second-order valence-electron chi connectivity index (χ2n) is 9.93. The third kappa shape index (κ3) is 3.56. The first-order valence-electron chi connectivity index (χ1n) is 12.4. The fourth-order valence-electron chi connectivity index (χ4n) is 5.56. The van der Waals surface area contributed by atoms with Crippen molar-refractivity contribution in [3.8, 4) is 11.5 Å². The first kappa shape index (κ1) is 22.4. The quantitative estimate of drug-likeness (QED) is 0.452. The first-order chi connectivity index (χ1) is 17.4. The number of Topliss-reactive ketones (excluding diaryl/α,β-unsaturated/α-hetero) is 1. The van der Waals surface area contributed by atoms with Gasteiger partial charge >= 0.3 is 6.09 Å². The number of methoxy groups -OCH3 is 1. The van der Waals surface area contributed by atoms with E-state index in [9.17, 15) is 9.59 Å². The molecule has 36 heavy (non-hydrogen) atoms. The number of anilines is 2. The Kier molecular flexibility index (Phi) is 5.32. The van der Waals surface area contributed by atoms with Crippen molar-refractivity contribution in [2.24, 2.45) is 0 Å². The van der Waals surface area contributed by atoms with Gasteiger partial charge in [0.1, 0.15) is 11.5 Å². The highest BCUT2D eigenvalue weighted by Gasteiger charge is 2.45. The lowest BCUT2D eigenvalue weighted by Gasteiger charge is -2.38. The summed E-state index contributed by atoms with van der Waals surface area (Å²) in [6.45, 7) is 4.21. The molecule has 2 unspecified atom stereocenters. The van der Waals surface area contributed by atoms with Crippen LogP contribution in [0.5, 0.6) is 11.5 Å². The van der Waals surface area contributed by atoms with Gasteiger partial charge in [-0.15, -0.1) is 0 Å². The Balaban J connectivity index is 1.51. The van der Waals surface area contributed by atoms with Crippen LogP contribution in [0, 0.1) is 0 Å². The zero-order chi connectivity index (χ0) is 25.0. The van der Waals surface area contributed by atoms with Crippen LogP contribution in [0.4, 0.5) is 16.2 Å². The second-order valence-corrected chi connectivity index (χ2v) is 9.93. The third-order valence-electron chi connectivity index (χ3n) is 7.47. The van der Waals surface area contributed by atoms with Crippen LogP contribution in [0.25, 0.3) is 0 Å². The molecule has 182 valence electrons. The lowest BCUT2D eigenvalue weighted by atomic mass is 9.78. The second kappa shape index (κ2) is 8.55. The van der Waals surface area contributed by atoms with E-state index < -0.39 is 12.1 Å². The molecule has 3 aromatic carbocycles. The summed E-state index contributed by atoms with van der Waals surface area (Å²) in [6, 6.07) is 21.1. The summed E-state index contributed by atoms with van der Waals surface area (Å²) in [6.07, 6.45) is 0.573. The predicted octanol–water partition coefficient (Wildman–Crippen LogP) is 6.71. The molecule has 1 amide bonds. The number of allylic oxidation sites excluding steroid dienone is 1. The summed E-state index contributed by atoms with van der Waals surface area (Å²) >= 11 is 0. The molecular formula is C30H28N2O4. The van der Waals surface area contributed by atoms with Gasteiger partial charge in [0.15, 0.2) is 5.78 Å². The first-order valence-corrected chi connectivity index (χ1v) is 12.4. The SMILES string of the molecule is COc1ccc(C2CC(=O)C3=C(C2)Nc2ccccc2N2C(=O)Oc4cc(C(C)C)ccc4C32)cc1. The van der Waals surface area contributed by atoms with E-state index in [-0.39, 0.29) is 11.7 Å². The number of rotatable bonds is 3. The number of para-hydroxylation sites is 2. The largest absolute Gasteiger partial charge is 0.497 e. The Labute approximate surface area is 210 Å². The number of amides is 1. The average molecular weight is 481 g/mol. The van der Waals surface area contributed by atoms with Crippen LogP contribution in [0.1, 0.15) is 61.3 Å². The van der Waals surface area contributed by atoms with E-state index in [1.807, 2.05) is 60.7 Å². The zero-order valence-corrected chi connectivity index (χ0v) is 20.6. The van der Waals surface area contributed by atoms with Crippen LogP contribution < -0.4 is 19.7 Å². The van der Waals surface area contributed by atoms with Gasteiger partial charge in [-0.1, -0.05) is 50.2 Å². The summed E-state index contributed by atoms with van der Waals surface area (Å²) in [7, 11) is 1.64. The Morgan fingerprint density at radius 3 is 2.53 bits per heavy atom. The fourth-order valence-corrected chi connectivity index (χ4v) is 5.56. The van der Waals surface area contributed by atoms with Gasteiger partial charge in [0.2, 0.25) is 0 Å². The fraction of sp³-hybridized carbons (Fsp3) is 0.267. The molecule has 0 saturated carbocycles. The molecule has 2 atom stereocenters. The number of ketones is 1. The Bertz CT molecular complexity index is 1410. The monoisotopic (exact) mass is 480 g/mol. The highest BCUT2D eigenvalue weighted by Crippen LogP contribution is 2.51. The van der Waals surface area contributed by atoms with Crippen molar-refractivity contribution in [1.82, 2.24) is 0 Å². The number of ether oxygens (including phenoxy) is 2. The molecular weight excluding hydrogens is 452 g/mol. The minimum Gasteiger partial charge on any atom is -0.497 e. The summed E-state index contributed by atoms with van der Waals surface area (Å²) in [5.74, 6) is 1.69. The van der Waals surface area contributed by atoms with Gasteiger partial charge in [0.25, 0.3) is 0 Å². The van der Waals surface area contributed by atoms with Crippen molar-refractivity contribution in [1.29, 1.82) is 0 Å². The van der Waals surface area contributed by atoms with Crippen molar-refractivity contribution in [2.75, 3.05) is 17.3 Å². The van der Waals surface area contributed by atoms with Crippen LogP contribution in [0.2, 0.25) is 0 Å². The molecule has 0 aromatic heterocycles. The molecule has 1 N–H and O–H groups in total. The van der Waals surface area contributed by atoms with Crippen LogP contribution >= 0.6 is 0 Å². The van der Waals surface area contributed by atoms with Crippen molar-refractivity contribution >= 4 is 23.3 Å². The molecule has 0 radical (unpaired) electrons. The van der Waals surface area contributed by atoms with Crippen LogP contribution in [-0.2, 0) is 4.79 Å². The van der Waals surface area contributed by atoms with Crippen LogP contribution in [-0.4, -0.2) is 19.0 Å². The molecule has 6 heteroatoms. The molecule has 1 aliphatic carbocycles. The average Bonchev–Trinajstić information content (AvgIpc) is 3.03. The van der Waals surface area contributed by atoms with Crippen LogP contribution in [0.3, 0.4) is 0 Å². The maximum Gasteiger partial charge on any atom is 0.420 e. The van der Waals surface area contributed by atoms with E-state index in [4.69, 9.17) is 9.47 Å². The Morgan fingerprint density at radius 1 is 1.00 bits per heavy atom. The lowest BCUT2D eigenvalue weighted by molar-refractivity contribution is -0.116. The molecule has 0 spiro atoms. The van der Waals surface area contributed by atoms with Gasteiger partial charge < -0.3 is 14.8 Å². The molecule has 0 fully saturated rings.